The van der Waals surface area contributed by atoms with Crippen molar-refractivity contribution < 1.29 is 4.79 Å². The highest BCUT2D eigenvalue weighted by atomic mass is 16.1. The lowest BCUT2D eigenvalue weighted by molar-refractivity contribution is 0.102. The molecular formula is C12H8N4O. The Bertz CT molecular complexity index is 575. The minimum atomic E-state index is -0.317. The van der Waals surface area contributed by atoms with Crippen molar-refractivity contribution in [3.8, 4) is 6.07 Å². The van der Waals surface area contributed by atoms with Gasteiger partial charge in [0, 0.05) is 0 Å². The van der Waals surface area contributed by atoms with Crippen LogP contribution in [0.4, 0.5) is 5.69 Å². The molecule has 0 bridgehead atoms. The summed E-state index contributed by atoms with van der Waals surface area (Å²) in [4.78, 5) is 11.8. The molecule has 2 aromatic rings. The van der Waals surface area contributed by atoms with E-state index in [4.69, 9.17) is 5.26 Å². The summed E-state index contributed by atoms with van der Waals surface area (Å²) in [6, 6.07) is 10.4. The number of hydrogen-bond acceptors (Lipinski definition) is 4. The summed E-state index contributed by atoms with van der Waals surface area (Å²) in [5.41, 5.74) is 1.30. The summed E-state index contributed by atoms with van der Waals surface area (Å²) < 4.78 is 0. The van der Waals surface area contributed by atoms with Gasteiger partial charge in [0.2, 0.25) is 0 Å². The van der Waals surface area contributed by atoms with Gasteiger partial charge in [0.25, 0.3) is 5.91 Å². The number of carbonyl (C=O) groups is 1. The molecule has 82 valence electrons. The van der Waals surface area contributed by atoms with Gasteiger partial charge in [-0.1, -0.05) is 12.1 Å². The number of carbonyl (C=O) groups excluding carboxylic acids is 1. The van der Waals surface area contributed by atoms with Gasteiger partial charge in [0.1, 0.15) is 6.07 Å². The molecule has 1 heterocycles. The molecule has 0 unspecified atom stereocenters. The molecule has 1 aromatic heterocycles. The Morgan fingerprint density at radius 3 is 2.76 bits per heavy atom. The van der Waals surface area contributed by atoms with E-state index in [1.807, 2.05) is 6.07 Å². The summed E-state index contributed by atoms with van der Waals surface area (Å²) >= 11 is 0. The zero-order valence-electron chi connectivity index (χ0n) is 8.79. The van der Waals surface area contributed by atoms with Gasteiger partial charge in [-0.25, -0.2) is 0 Å². The Morgan fingerprint density at radius 2 is 2.06 bits per heavy atom. The Hall–Kier alpha value is -2.74. The Morgan fingerprint density at radius 1 is 1.24 bits per heavy atom. The van der Waals surface area contributed by atoms with E-state index < -0.39 is 0 Å². The number of amides is 1. The number of para-hydroxylation sites is 1. The standard InChI is InChI=1S/C12H8N4O/c13-7-9-3-1-2-4-11(9)16-12(17)10-5-6-14-15-8-10/h1-6,8H,(H,16,17). The van der Waals surface area contributed by atoms with E-state index in [-0.39, 0.29) is 5.91 Å². The maximum Gasteiger partial charge on any atom is 0.257 e. The molecule has 0 saturated heterocycles. The minimum absolute atomic E-state index is 0.317. The molecule has 0 saturated carbocycles. The molecule has 0 fully saturated rings. The largest absolute Gasteiger partial charge is 0.321 e. The number of benzene rings is 1. The number of nitrogens with zero attached hydrogens (tertiary/aromatic N) is 3. The SMILES string of the molecule is N#Cc1ccccc1NC(=O)c1ccnnc1. The lowest BCUT2D eigenvalue weighted by atomic mass is 10.2. The zero-order valence-corrected chi connectivity index (χ0v) is 8.79. The van der Waals surface area contributed by atoms with Crippen molar-refractivity contribution in [3.05, 3.63) is 53.9 Å². The van der Waals surface area contributed by atoms with Gasteiger partial charge in [0.15, 0.2) is 0 Å². The summed E-state index contributed by atoms with van der Waals surface area (Å²) in [7, 11) is 0. The molecule has 2 rings (SSSR count). The van der Waals surface area contributed by atoms with Gasteiger partial charge >= 0.3 is 0 Å². The predicted octanol–water partition coefficient (Wildman–Crippen LogP) is 1.60. The third-order valence-corrected chi connectivity index (χ3v) is 2.14. The second kappa shape index (κ2) is 4.86. The van der Waals surface area contributed by atoms with Crippen molar-refractivity contribution in [2.45, 2.75) is 0 Å². The first-order valence-corrected chi connectivity index (χ1v) is 4.88. The van der Waals surface area contributed by atoms with Gasteiger partial charge in [-0.2, -0.15) is 15.5 Å². The quantitative estimate of drug-likeness (QED) is 0.840. The fraction of sp³-hybridized carbons (Fsp3) is 0. The van der Waals surface area contributed by atoms with Crippen LogP contribution >= 0.6 is 0 Å². The maximum atomic E-state index is 11.8. The van der Waals surface area contributed by atoms with Gasteiger partial charge in [-0.15, -0.1) is 0 Å². The van der Waals surface area contributed by atoms with Crippen LogP contribution in [0.15, 0.2) is 42.7 Å². The molecule has 1 aromatic carbocycles. The van der Waals surface area contributed by atoms with E-state index in [1.165, 1.54) is 12.4 Å². The summed E-state index contributed by atoms with van der Waals surface area (Å²) in [5, 5.41) is 18.7. The first kappa shape index (κ1) is 10.8. The van der Waals surface area contributed by atoms with Crippen LogP contribution in [0.2, 0.25) is 0 Å². The first-order chi connectivity index (χ1) is 8.31. The van der Waals surface area contributed by atoms with Crippen LogP contribution in [0.1, 0.15) is 15.9 Å². The van der Waals surface area contributed by atoms with Crippen molar-refractivity contribution in [3.63, 3.8) is 0 Å². The molecule has 0 atom stereocenters. The fourth-order valence-electron chi connectivity index (χ4n) is 1.31. The number of nitriles is 1. The number of hydrogen-bond donors (Lipinski definition) is 1. The van der Waals surface area contributed by atoms with E-state index in [0.29, 0.717) is 16.8 Å². The molecule has 1 amide bonds. The van der Waals surface area contributed by atoms with Crippen molar-refractivity contribution in [1.29, 1.82) is 5.26 Å². The van der Waals surface area contributed by atoms with Crippen LogP contribution in [0.5, 0.6) is 0 Å². The smallest absolute Gasteiger partial charge is 0.257 e. The molecular weight excluding hydrogens is 216 g/mol. The minimum Gasteiger partial charge on any atom is -0.321 e. The molecule has 0 aliphatic carbocycles. The van der Waals surface area contributed by atoms with Crippen molar-refractivity contribution in [2.75, 3.05) is 5.32 Å². The van der Waals surface area contributed by atoms with E-state index in [1.54, 1.807) is 30.3 Å². The Balaban J connectivity index is 2.23. The van der Waals surface area contributed by atoms with Crippen LogP contribution in [0, 0.1) is 11.3 Å². The Labute approximate surface area is 97.7 Å². The molecule has 0 radical (unpaired) electrons. The number of aromatic nitrogens is 2. The van der Waals surface area contributed by atoms with Gasteiger partial charge < -0.3 is 5.32 Å². The second-order valence-corrected chi connectivity index (χ2v) is 3.24. The van der Waals surface area contributed by atoms with Crippen LogP contribution in [0.25, 0.3) is 0 Å². The molecule has 1 N–H and O–H groups in total. The van der Waals surface area contributed by atoms with E-state index >= 15 is 0 Å². The topological polar surface area (TPSA) is 78.7 Å². The van der Waals surface area contributed by atoms with E-state index in [9.17, 15) is 4.79 Å². The number of rotatable bonds is 2. The monoisotopic (exact) mass is 224 g/mol. The molecule has 5 nitrogen and oxygen atoms in total. The Kier molecular flexibility index (Phi) is 3.08. The van der Waals surface area contributed by atoms with Crippen LogP contribution in [-0.2, 0) is 0 Å². The van der Waals surface area contributed by atoms with E-state index in [0.717, 1.165) is 0 Å². The van der Waals surface area contributed by atoms with Crippen LogP contribution < -0.4 is 5.32 Å². The van der Waals surface area contributed by atoms with Crippen molar-refractivity contribution in [1.82, 2.24) is 10.2 Å². The van der Waals surface area contributed by atoms with Crippen molar-refractivity contribution in [2.24, 2.45) is 0 Å². The normalized spacial score (nSPS) is 9.35. The predicted molar refractivity (Wildman–Crippen MR) is 61.1 cm³/mol. The van der Waals surface area contributed by atoms with Gasteiger partial charge in [0.05, 0.1) is 29.2 Å². The maximum absolute atomic E-state index is 11.8. The van der Waals surface area contributed by atoms with Crippen molar-refractivity contribution >= 4 is 11.6 Å². The molecule has 0 aliphatic heterocycles. The number of nitrogens with one attached hydrogen (secondary N) is 1. The number of anilines is 1. The van der Waals surface area contributed by atoms with Gasteiger partial charge in [-0.3, -0.25) is 4.79 Å². The second-order valence-electron chi connectivity index (χ2n) is 3.24. The lowest BCUT2D eigenvalue weighted by Crippen LogP contribution is -2.13. The summed E-state index contributed by atoms with van der Waals surface area (Å²) in [5.74, 6) is -0.317. The highest BCUT2D eigenvalue weighted by Gasteiger charge is 2.08. The van der Waals surface area contributed by atoms with Gasteiger partial charge in [-0.05, 0) is 18.2 Å². The third kappa shape index (κ3) is 2.44. The average Bonchev–Trinajstić information content (AvgIpc) is 2.40. The fourth-order valence-corrected chi connectivity index (χ4v) is 1.31. The molecule has 0 aliphatic rings. The third-order valence-electron chi connectivity index (χ3n) is 2.14. The van der Waals surface area contributed by atoms with E-state index in [2.05, 4.69) is 15.5 Å². The average molecular weight is 224 g/mol. The van der Waals surface area contributed by atoms with Crippen LogP contribution in [-0.4, -0.2) is 16.1 Å². The highest BCUT2D eigenvalue weighted by Crippen LogP contribution is 2.14. The van der Waals surface area contributed by atoms with Crippen LogP contribution in [0.3, 0.4) is 0 Å². The molecule has 17 heavy (non-hydrogen) atoms. The lowest BCUT2D eigenvalue weighted by Gasteiger charge is -2.05. The zero-order chi connectivity index (χ0) is 12.1. The molecule has 0 spiro atoms. The first-order valence-electron chi connectivity index (χ1n) is 4.88. The summed E-state index contributed by atoms with van der Waals surface area (Å²) in [6.07, 6.45) is 2.80. The molecule has 5 heteroatoms. The summed E-state index contributed by atoms with van der Waals surface area (Å²) in [6.45, 7) is 0. The highest BCUT2D eigenvalue weighted by molar-refractivity contribution is 6.04.